The smallest absolute Gasteiger partial charge is 0.265 e. The van der Waals surface area contributed by atoms with E-state index in [-0.39, 0.29) is 29.1 Å². The molecule has 156 valence electrons. The van der Waals surface area contributed by atoms with E-state index >= 15 is 0 Å². The molecule has 0 unspecified atom stereocenters. The Bertz CT molecular complexity index is 1330. The molecule has 0 aliphatic carbocycles. The first kappa shape index (κ1) is 20.4. The molecule has 1 fully saturated rings. The van der Waals surface area contributed by atoms with Crippen molar-refractivity contribution in [3.8, 4) is 17.3 Å². The number of aromatic hydroxyl groups is 1. The van der Waals surface area contributed by atoms with Gasteiger partial charge in [-0.1, -0.05) is 29.8 Å². The molecule has 0 bridgehead atoms. The van der Waals surface area contributed by atoms with E-state index in [1.807, 2.05) is 0 Å². The van der Waals surface area contributed by atoms with Crippen LogP contribution in [0.2, 0.25) is 5.02 Å². The summed E-state index contributed by atoms with van der Waals surface area (Å²) in [5.41, 5.74) is 0.164. The van der Waals surface area contributed by atoms with Crippen LogP contribution in [0.5, 0.6) is 11.6 Å². The highest BCUT2D eigenvalue weighted by Crippen LogP contribution is 2.32. The number of ether oxygens (including phenoxy) is 1. The van der Waals surface area contributed by atoms with Gasteiger partial charge in [0.1, 0.15) is 5.75 Å². The van der Waals surface area contributed by atoms with Gasteiger partial charge in [-0.25, -0.2) is 13.0 Å². The van der Waals surface area contributed by atoms with Crippen LogP contribution in [0.25, 0.3) is 16.5 Å². The number of hydrogen-bond donors (Lipinski definition) is 1. The van der Waals surface area contributed by atoms with Gasteiger partial charge in [0, 0.05) is 22.0 Å². The number of halogens is 1. The molecule has 7 nitrogen and oxygen atoms in total. The highest BCUT2D eigenvalue weighted by molar-refractivity contribution is 7.91. The van der Waals surface area contributed by atoms with Crippen molar-refractivity contribution in [1.29, 1.82) is 0 Å². The van der Waals surface area contributed by atoms with Gasteiger partial charge in [0.25, 0.3) is 5.56 Å². The lowest BCUT2D eigenvalue weighted by Gasteiger charge is -2.16. The Morgan fingerprint density at radius 3 is 2.63 bits per heavy atom. The maximum atomic E-state index is 13.2. The lowest BCUT2D eigenvalue weighted by atomic mass is 10.1. The molecule has 1 aliphatic heterocycles. The van der Waals surface area contributed by atoms with Crippen molar-refractivity contribution in [3.05, 3.63) is 63.4 Å². The Labute approximate surface area is 178 Å². The predicted molar refractivity (Wildman–Crippen MR) is 117 cm³/mol. The molecule has 3 aromatic rings. The minimum atomic E-state index is -3.09. The van der Waals surface area contributed by atoms with Crippen molar-refractivity contribution >= 4 is 38.4 Å². The fourth-order valence-electron chi connectivity index (χ4n) is 3.62. The molecular formula is C21H19ClN2O5S. The van der Waals surface area contributed by atoms with Gasteiger partial charge >= 0.3 is 0 Å². The van der Waals surface area contributed by atoms with Crippen molar-refractivity contribution < 1.29 is 18.3 Å². The predicted octanol–water partition coefficient (Wildman–Crippen LogP) is 2.96. The van der Waals surface area contributed by atoms with Crippen LogP contribution in [0.3, 0.4) is 0 Å². The van der Waals surface area contributed by atoms with Gasteiger partial charge < -0.3 is 9.84 Å². The summed E-state index contributed by atoms with van der Waals surface area (Å²) in [6.07, 6.45) is 1.87. The highest BCUT2D eigenvalue weighted by atomic mass is 35.5. The summed E-state index contributed by atoms with van der Waals surface area (Å²) < 4.78 is 29.9. The van der Waals surface area contributed by atoms with E-state index in [1.165, 1.54) is 19.4 Å². The monoisotopic (exact) mass is 446 g/mol. The maximum absolute atomic E-state index is 13.2. The summed E-state index contributed by atoms with van der Waals surface area (Å²) in [6, 6.07) is 11.2. The summed E-state index contributed by atoms with van der Waals surface area (Å²) in [4.78, 5) is 17.6. The van der Waals surface area contributed by atoms with E-state index in [9.17, 15) is 18.3 Å². The van der Waals surface area contributed by atoms with E-state index in [0.717, 1.165) is 4.57 Å². The molecule has 9 heteroatoms. The van der Waals surface area contributed by atoms with E-state index in [4.69, 9.17) is 16.3 Å². The van der Waals surface area contributed by atoms with Crippen LogP contribution >= 0.6 is 11.6 Å². The number of benzene rings is 2. The number of fused-ring (bicyclic) bond motifs is 1. The molecule has 0 saturated carbocycles. The molecule has 0 radical (unpaired) electrons. The Balaban J connectivity index is 1.96. The normalized spacial score (nSPS) is 18.3. The number of aliphatic imine (C=N–C) groups is 1. The standard InChI is InChI=1S/C21H19ClN2O5S/c1-29-19-7-6-13(22)10-18(19)24-20(25)16-5-3-2-4-15(16)17(21(24)26)11-23-14-8-9-30(27,28)12-14/h2-7,10-11,14,26H,8-9,12H2,1H3/t14-/m0/s1. The topological polar surface area (TPSA) is 98.0 Å². The van der Waals surface area contributed by atoms with Crippen LogP contribution in [0.4, 0.5) is 0 Å². The quantitative estimate of drug-likeness (QED) is 0.621. The molecule has 1 aliphatic rings. The summed E-state index contributed by atoms with van der Waals surface area (Å²) in [5.74, 6) is 0.103. The van der Waals surface area contributed by atoms with Gasteiger partial charge in [-0.2, -0.15) is 0 Å². The third-order valence-electron chi connectivity index (χ3n) is 5.11. The van der Waals surface area contributed by atoms with Crippen LogP contribution in [0.1, 0.15) is 12.0 Å². The van der Waals surface area contributed by atoms with Crippen LogP contribution in [0.15, 0.2) is 52.3 Å². The van der Waals surface area contributed by atoms with E-state index in [0.29, 0.717) is 33.5 Å². The number of rotatable bonds is 4. The second-order valence-corrected chi connectivity index (χ2v) is 9.74. The van der Waals surface area contributed by atoms with E-state index in [2.05, 4.69) is 4.99 Å². The molecule has 2 heterocycles. The number of aromatic nitrogens is 1. The van der Waals surface area contributed by atoms with Crippen molar-refractivity contribution in [3.63, 3.8) is 0 Å². The molecule has 1 aromatic heterocycles. The summed E-state index contributed by atoms with van der Waals surface area (Å²) in [5, 5.41) is 12.3. The Morgan fingerprint density at radius 1 is 1.23 bits per heavy atom. The molecule has 1 saturated heterocycles. The fourth-order valence-corrected chi connectivity index (χ4v) is 5.43. The molecule has 1 atom stereocenters. The lowest BCUT2D eigenvalue weighted by molar-refractivity contribution is 0.404. The molecular weight excluding hydrogens is 428 g/mol. The summed E-state index contributed by atoms with van der Waals surface area (Å²) in [6.45, 7) is 0. The zero-order chi connectivity index (χ0) is 21.5. The largest absolute Gasteiger partial charge is 0.495 e. The van der Waals surface area contributed by atoms with Crippen LogP contribution in [-0.2, 0) is 9.84 Å². The minimum absolute atomic E-state index is 0.0239. The van der Waals surface area contributed by atoms with E-state index in [1.54, 1.807) is 36.4 Å². The lowest BCUT2D eigenvalue weighted by Crippen LogP contribution is -2.21. The van der Waals surface area contributed by atoms with Gasteiger partial charge in [0.05, 0.1) is 35.9 Å². The van der Waals surface area contributed by atoms with Crippen molar-refractivity contribution in [2.75, 3.05) is 18.6 Å². The SMILES string of the molecule is COc1ccc(Cl)cc1-n1c(O)c(C=N[C@H]2CCS(=O)(=O)C2)c2ccccc2c1=O. The number of sulfone groups is 1. The minimum Gasteiger partial charge on any atom is -0.495 e. The summed E-state index contributed by atoms with van der Waals surface area (Å²) >= 11 is 6.12. The number of methoxy groups -OCH3 is 1. The first-order valence-electron chi connectivity index (χ1n) is 9.25. The first-order valence-corrected chi connectivity index (χ1v) is 11.4. The van der Waals surface area contributed by atoms with Crippen LogP contribution in [-0.4, -0.2) is 49.0 Å². The van der Waals surface area contributed by atoms with Gasteiger partial charge in [0.2, 0.25) is 5.88 Å². The third-order valence-corrected chi connectivity index (χ3v) is 7.09. The Morgan fingerprint density at radius 2 is 1.97 bits per heavy atom. The van der Waals surface area contributed by atoms with Gasteiger partial charge in [-0.15, -0.1) is 0 Å². The van der Waals surface area contributed by atoms with Crippen molar-refractivity contribution in [2.45, 2.75) is 12.5 Å². The van der Waals surface area contributed by atoms with Gasteiger partial charge in [-0.05, 0) is 30.7 Å². The zero-order valence-corrected chi connectivity index (χ0v) is 17.7. The van der Waals surface area contributed by atoms with Crippen LogP contribution < -0.4 is 10.3 Å². The van der Waals surface area contributed by atoms with Crippen molar-refractivity contribution in [1.82, 2.24) is 4.57 Å². The highest BCUT2D eigenvalue weighted by Gasteiger charge is 2.27. The molecule has 0 spiro atoms. The number of nitrogens with zero attached hydrogens (tertiary/aromatic N) is 2. The first-order chi connectivity index (χ1) is 14.3. The average Bonchev–Trinajstić information content (AvgIpc) is 3.07. The fraction of sp³-hybridized carbons (Fsp3) is 0.238. The zero-order valence-electron chi connectivity index (χ0n) is 16.1. The van der Waals surface area contributed by atoms with Gasteiger partial charge in [0.15, 0.2) is 9.84 Å². The van der Waals surface area contributed by atoms with Crippen molar-refractivity contribution in [2.24, 2.45) is 4.99 Å². The maximum Gasteiger partial charge on any atom is 0.265 e. The van der Waals surface area contributed by atoms with Crippen LogP contribution in [0, 0.1) is 0 Å². The average molecular weight is 447 g/mol. The Hall–Kier alpha value is -2.84. The second kappa shape index (κ2) is 7.77. The number of pyridine rings is 1. The second-order valence-electron chi connectivity index (χ2n) is 7.07. The molecule has 0 amide bonds. The third kappa shape index (κ3) is 3.68. The molecule has 2 aromatic carbocycles. The summed E-state index contributed by atoms with van der Waals surface area (Å²) in [7, 11) is -1.63. The molecule has 1 N–H and O–H groups in total. The van der Waals surface area contributed by atoms with E-state index < -0.39 is 15.4 Å². The number of hydrogen-bond acceptors (Lipinski definition) is 6. The Kier molecular flexibility index (Phi) is 5.29. The van der Waals surface area contributed by atoms with Gasteiger partial charge in [-0.3, -0.25) is 9.79 Å². The molecule has 4 rings (SSSR count). The molecule has 30 heavy (non-hydrogen) atoms.